The van der Waals surface area contributed by atoms with Gasteiger partial charge in [-0.15, -0.1) is 0 Å². The first-order valence-corrected chi connectivity index (χ1v) is 12.9. The van der Waals surface area contributed by atoms with Crippen LogP contribution in [0, 0.1) is 29.6 Å². The molecular formula is C27H35N3O3. The van der Waals surface area contributed by atoms with E-state index >= 15 is 0 Å². The van der Waals surface area contributed by atoms with E-state index in [4.69, 9.17) is 14.9 Å². The van der Waals surface area contributed by atoms with Crippen molar-refractivity contribution in [1.29, 1.82) is 0 Å². The highest BCUT2D eigenvalue weighted by Crippen LogP contribution is 2.53. The van der Waals surface area contributed by atoms with Crippen LogP contribution in [0.25, 0.3) is 5.69 Å². The molecule has 0 saturated heterocycles. The van der Waals surface area contributed by atoms with Crippen LogP contribution in [0.1, 0.15) is 67.2 Å². The fraction of sp³-hybridized carbons (Fsp3) is 0.630. The molecule has 1 atom stereocenters. The maximum absolute atomic E-state index is 13.9. The molecule has 1 unspecified atom stereocenters. The normalized spacial score (nSPS) is 32.0. The van der Waals surface area contributed by atoms with Crippen molar-refractivity contribution in [1.82, 2.24) is 15.1 Å². The van der Waals surface area contributed by atoms with Crippen LogP contribution in [0.15, 0.2) is 30.3 Å². The van der Waals surface area contributed by atoms with Crippen molar-refractivity contribution in [2.75, 3.05) is 13.2 Å². The van der Waals surface area contributed by atoms with Gasteiger partial charge in [-0.2, -0.15) is 5.10 Å². The van der Waals surface area contributed by atoms with Gasteiger partial charge in [-0.25, -0.2) is 14.5 Å². The number of hydrogen-bond donors (Lipinski definition) is 1. The van der Waals surface area contributed by atoms with E-state index in [9.17, 15) is 4.79 Å². The van der Waals surface area contributed by atoms with Crippen molar-refractivity contribution in [3.63, 3.8) is 0 Å². The van der Waals surface area contributed by atoms with E-state index in [1.807, 2.05) is 41.9 Å². The van der Waals surface area contributed by atoms with E-state index in [0.717, 1.165) is 53.7 Å². The number of rotatable bonds is 7. The van der Waals surface area contributed by atoms with Crippen molar-refractivity contribution in [3.8, 4) is 5.69 Å². The number of amides is 1. The van der Waals surface area contributed by atoms with Crippen molar-refractivity contribution in [2.24, 2.45) is 29.6 Å². The second-order valence-corrected chi connectivity index (χ2v) is 10.8. The van der Waals surface area contributed by atoms with Gasteiger partial charge >= 0.3 is 0 Å². The number of aryl methyl sites for hydroxylation is 1. The predicted octanol–water partition coefficient (Wildman–Crippen LogP) is 4.50. The molecule has 7 rings (SSSR count). The molecule has 5 aliphatic carbocycles. The van der Waals surface area contributed by atoms with Gasteiger partial charge in [-0.3, -0.25) is 4.79 Å². The second-order valence-electron chi connectivity index (χ2n) is 10.8. The summed E-state index contributed by atoms with van der Waals surface area (Å²) in [6.45, 7) is 3.03. The third-order valence-corrected chi connectivity index (χ3v) is 8.59. The lowest BCUT2D eigenvalue weighted by Crippen LogP contribution is -2.56. The SMILES string of the molecule is CCOOCC1CCc2nn(-c3ccccc3)c(C(=O)NC3C4CC5CC(C4)CC3C5)c2C1. The molecule has 1 heterocycles. The quantitative estimate of drug-likeness (QED) is 0.384. The summed E-state index contributed by atoms with van der Waals surface area (Å²) in [5.74, 6) is 3.49. The summed E-state index contributed by atoms with van der Waals surface area (Å²) in [7, 11) is 0. The van der Waals surface area contributed by atoms with Crippen LogP contribution in [0.4, 0.5) is 0 Å². The fourth-order valence-electron chi connectivity index (χ4n) is 7.38. The van der Waals surface area contributed by atoms with Crippen molar-refractivity contribution in [2.45, 2.75) is 64.3 Å². The molecule has 6 heteroatoms. The Morgan fingerprint density at radius 2 is 1.79 bits per heavy atom. The van der Waals surface area contributed by atoms with Crippen molar-refractivity contribution in [3.05, 3.63) is 47.3 Å². The lowest BCUT2D eigenvalue weighted by molar-refractivity contribution is -0.298. The van der Waals surface area contributed by atoms with Gasteiger partial charge in [0.1, 0.15) is 5.69 Å². The molecule has 0 radical (unpaired) electrons. The minimum atomic E-state index is 0.0523. The van der Waals surface area contributed by atoms with Gasteiger partial charge in [-0.1, -0.05) is 18.2 Å². The van der Waals surface area contributed by atoms with Crippen molar-refractivity contribution < 1.29 is 14.6 Å². The molecule has 5 aliphatic rings. The number of aromatic nitrogens is 2. The van der Waals surface area contributed by atoms with Gasteiger partial charge in [0, 0.05) is 11.6 Å². The molecule has 33 heavy (non-hydrogen) atoms. The Morgan fingerprint density at radius 1 is 1.06 bits per heavy atom. The summed E-state index contributed by atoms with van der Waals surface area (Å²) in [5, 5.41) is 8.48. The minimum Gasteiger partial charge on any atom is -0.347 e. The maximum Gasteiger partial charge on any atom is 0.270 e. The van der Waals surface area contributed by atoms with Crippen LogP contribution in [0.5, 0.6) is 0 Å². The molecule has 4 bridgehead atoms. The Balaban J connectivity index is 1.29. The Kier molecular flexibility index (Phi) is 5.75. The summed E-state index contributed by atoms with van der Waals surface area (Å²) in [4.78, 5) is 24.4. The van der Waals surface area contributed by atoms with Gasteiger partial charge in [0.2, 0.25) is 0 Å². The Labute approximate surface area is 196 Å². The standard InChI is InChI=1S/C27H35N3O3/c1-2-32-33-16-17-8-9-24-23(15-17)26(30(29-24)22-6-4-3-5-7-22)27(31)28-25-20-11-18-10-19(13-20)14-21(25)12-18/h3-7,17-21,25H,2,8-16H2,1H3,(H,28,31). The molecule has 4 fully saturated rings. The summed E-state index contributed by atoms with van der Waals surface area (Å²) in [6.07, 6.45) is 9.29. The van der Waals surface area contributed by atoms with Crippen LogP contribution in [0.3, 0.4) is 0 Å². The highest BCUT2D eigenvalue weighted by atomic mass is 17.2. The van der Waals surface area contributed by atoms with E-state index in [1.165, 1.54) is 32.1 Å². The van der Waals surface area contributed by atoms with E-state index in [0.29, 0.717) is 37.0 Å². The molecule has 1 aromatic carbocycles. The number of nitrogens with zero attached hydrogens (tertiary/aromatic N) is 2. The zero-order valence-corrected chi connectivity index (χ0v) is 19.5. The average Bonchev–Trinajstić information content (AvgIpc) is 3.21. The van der Waals surface area contributed by atoms with E-state index in [1.54, 1.807) is 0 Å². The van der Waals surface area contributed by atoms with Gasteiger partial charge in [0.05, 0.1) is 24.6 Å². The zero-order valence-electron chi connectivity index (χ0n) is 19.5. The first-order valence-electron chi connectivity index (χ1n) is 12.9. The molecule has 0 aliphatic heterocycles. The molecule has 1 amide bonds. The van der Waals surface area contributed by atoms with Crippen LogP contribution in [-0.2, 0) is 22.6 Å². The van der Waals surface area contributed by atoms with E-state index < -0.39 is 0 Å². The molecule has 1 aromatic heterocycles. The average molecular weight is 450 g/mol. The van der Waals surface area contributed by atoms with Gasteiger partial charge in [-0.05, 0) is 100 Å². The Bertz CT molecular complexity index is 974. The fourth-order valence-corrected chi connectivity index (χ4v) is 7.38. The number of benzene rings is 1. The minimum absolute atomic E-state index is 0.0523. The summed E-state index contributed by atoms with van der Waals surface area (Å²) >= 11 is 0. The van der Waals surface area contributed by atoms with Gasteiger partial charge in [0.15, 0.2) is 0 Å². The monoisotopic (exact) mass is 449 g/mol. The maximum atomic E-state index is 13.9. The molecule has 176 valence electrons. The van der Waals surface area contributed by atoms with Gasteiger partial charge in [0.25, 0.3) is 5.91 Å². The molecular weight excluding hydrogens is 414 g/mol. The van der Waals surface area contributed by atoms with Crippen LogP contribution in [0.2, 0.25) is 0 Å². The number of hydrogen-bond acceptors (Lipinski definition) is 4. The number of nitrogens with one attached hydrogen (secondary N) is 1. The molecule has 1 N–H and O–H groups in total. The second kappa shape index (κ2) is 8.88. The topological polar surface area (TPSA) is 65.4 Å². The summed E-state index contributed by atoms with van der Waals surface area (Å²) < 4.78 is 1.89. The largest absolute Gasteiger partial charge is 0.347 e. The first-order chi connectivity index (χ1) is 16.2. The molecule has 0 spiro atoms. The third kappa shape index (κ3) is 4.01. The predicted molar refractivity (Wildman–Crippen MR) is 125 cm³/mol. The molecule has 2 aromatic rings. The van der Waals surface area contributed by atoms with Crippen LogP contribution >= 0.6 is 0 Å². The Hall–Kier alpha value is -2.18. The van der Waals surface area contributed by atoms with Crippen LogP contribution in [-0.4, -0.2) is 34.9 Å². The van der Waals surface area contributed by atoms with Crippen molar-refractivity contribution >= 4 is 5.91 Å². The number of carbonyl (C=O) groups is 1. The number of para-hydroxylation sites is 1. The zero-order chi connectivity index (χ0) is 22.4. The van der Waals surface area contributed by atoms with E-state index in [-0.39, 0.29) is 5.91 Å². The smallest absolute Gasteiger partial charge is 0.270 e. The lowest BCUT2D eigenvalue weighted by Gasteiger charge is -2.54. The summed E-state index contributed by atoms with van der Waals surface area (Å²) in [5.41, 5.74) is 3.83. The highest BCUT2D eigenvalue weighted by molar-refractivity contribution is 5.95. The summed E-state index contributed by atoms with van der Waals surface area (Å²) in [6, 6.07) is 10.4. The number of fused-ring (bicyclic) bond motifs is 1. The highest BCUT2D eigenvalue weighted by Gasteiger charge is 2.49. The van der Waals surface area contributed by atoms with E-state index in [2.05, 4.69) is 5.32 Å². The van der Waals surface area contributed by atoms with Crippen LogP contribution < -0.4 is 5.32 Å². The lowest BCUT2D eigenvalue weighted by atomic mass is 9.54. The Morgan fingerprint density at radius 3 is 2.48 bits per heavy atom. The molecule has 6 nitrogen and oxygen atoms in total. The molecule has 4 saturated carbocycles. The third-order valence-electron chi connectivity index (χ3n) is 8.59. The first kappa shape index (κ1) is 21.4. The number of carbonyl (C=O) groups excluding carboxylic acids is 1. The van der Waals surface area contributed by atoms with Gasteiger partial charge < -0.3 is 5.32 Å².